The number of aliphatic hydroxyl groups excluding tert-OH is 2. The van der Waals surface area contributed by atoms with Crippen LogP contribution in [0, 0.1) is 0 Å². The number of rotatable bonds is 10. The van der Waals surface area contributed by atoms with Crippen LogP contribution in [0.1, 0.15) is 55.8 Å². The molecule has 1 aromatic carbocycles. The monoisotopic (exact) mass is 678 g/mol. The summed E-state index contributed by atoms with van der Waals surface area (Å²) < 4.78 is 43.9. The van der Waals surface area contributed by atoms with Crippen LogP contribution in [0.3, 0.4) is 0 Å². The molecule has 4 aliphatic rings. The second-order valence-electron chi connectivity index (χ2n) is 13.3. The minimum absolute atomic E-state index is 0.000533. The third kappa shape index (κ3) is 7.98. The minimum Gasteiger partial charge on any atom is -0.391 e. The SMILES string of the molecule is CC(=O)N1CCc2c(c(-c3ccc(C(F)(F)F)c(SCCN4CCCC4)c3)nn2C[C@@H](O)CN2CCC(N3C[C@H](O)CC3=O)CC2)C1. The van der Waals surface area contributed by atoms with Gasteiger partial charge < -0.3 is 29.8 Å². The van der Waals surface area contributed by atoms with Gasteiger partial charge in [-0.3, -0.25) is 14.3 Å². The van der Waals surface area contributed by atoms with Crippen LogP contribution in [0.4, 0.5) is 13.2 Å². The van der Waals surface area contributed by atoms with Gasteiger partial charge in [-0.15, -0.1) is 11.8 Å². The molecule has 14 heteroatoms. The summed E-state index contributed by atoms with van der Waals surface area (Å²) in [5.41, 5.74) is 2.16. The molecule has 0 unspecified atom stereocenters. The fraction of sp³-hybridized carbons (Fsp3) is 0.667. The van der Waals surface area contributed by atoms with Gasteiger partial charge in [0.1, 0.15) is 0 Å². The predicted octanol–water partition coefficient (Wildman–Crippen LogP) is 3.08. The number of hydrogen-bond acceptors (Lipinski definition) is 8. The highest BCUT2D eigenvalue weighted by Crippen LogP contribution is 2.40. The van der Waals surface area contributed by atoms with Crippen LogP contribution in [0.2, 0.25) is 0 Å². The summed E-state index contributed by atoms with van der Waals surface area (Å²) in [6.45, 7) is 7.51. The summed E-state index contributed by atoms with van der Waals surface area (Å²) >= 11 is 1.22. The van der Waals surface area contributed by atoms with Crippen LogP contribution < -0.4 is 0 Å². The molecule has 2 atom stereocenters. The molecule has 3 saturated heterocycles. The van der Waals surface area contributed by atoms with E-state index in [1.54, 1.807) is 20.5 Å². The molecule has 47 heavy (non-hydrogen) atoms. The number of aliphatic hydroxyl groups is 2. The van der Waals surface area contributed by atoms with Gasteiger partial charge in [0, 0.05) is 92.7 Å². The van der Waals surface area contributed by atoms with Crippen molar-refractivity contribution in [3.63, 3.8) is 0 Å². The van der Waals surface area contributed by atoms with E-state index in [2.05, 4.69) is 9.80 Å². The summed E-state index contributed by atoms with van der Waals surface area (Å²) in [5.74, 6) is 0.477. The summed E-state index contributed by atoms with van der Waals surface area (Å²) in [5, 5.41) is 25.9. The smallest absolute Gasteiger partial charge is 0.391 e. The number of carbonyl (C=O) groups excluding carboxylic acids is 2. The van der Waals surface area contributed by atoms with Gasteiger partial charge in [0.15, 0.2) is 0 Å². The highest BCUT2D eigenvalue weighted by Gasteiger charge is 2.36. The van der Waals surface area contributed by atoms with E-state index in [0.29, 0.717) is 49.6 Å². The van der Waals surface area contributed by atoms with E-state index in [0.717, 1.165) is 75.7 Å². The Hall–Kier alpha value is -2.65. The van der Waals surface area contributed by atoms with Crippen molar-refractivity contribution in [2.75, 3.05) is 58.1 Å². The molecular formula is C33H45F3N6O4S. The topological polar surface area (TPSA) is 105 Å². The number of benzene rings is 1. The normalized spacial score (nSPS) is 22.3. The van der Waals surface area contributed by atoms with E-state index in [-0.39, 0.29) is 35.7 Å². The lowest BCUT2D eigenvalue weighted by Gasteiger charge is -2.37. The van der Waals surface area contributed by atoms with Crippen molar-refractivity contribution in [3.8, 4) is 11.3 Å². The number of alkyl halides is 3. The molecule has 4 aliphatic heterocycles. The molecule has 0 aliphatic carbocycles. The van der Waals surface area contributed by atoms with Gasteiger partial charge >= 0.3 is 6.18 Å². The zero-order chi connectivity index (χ0) is 33.3. The number of amides is 2. The van der Waals surface area contributed by atoms with Gasteiger partial charge in [-0.2, -0.15) is 18.3 Å². The van der Waals surface area contributed by atoms with Crippen molar-refractivity contribution < 1.29 is 33.0 Å². The number of fused-ring (bicyclic) bond motifs is 1. The Morgan fingerprint density at radius 1 is 1.09 bits per heavy atom. The number of likely N-dealkylation sites (tertiary alicyclic amines) is 3. The fourth-order valence-electron chi connectivity index (χ4n) is 7.49. The summed E-state index contributed by atoms with van der Waals surface area (Å²) in [7, 11) is 0. The number of aromatic nitrogens is 2. The number of hydrogen-bond donors (Lipinski definition) is 2. The molecular weight excluding hydrogens is 633 g/mol. The first kappa shape index (κ1) is 34.2. The van der Waals surface area contributed by atoms with Crippen molar-refractivity contribution in [2.24, 2.45) is 0 Å². The van der Waals surface area contributed by atoms with Gasteiger partial charge in [-0.25, -0.2) is 0 Å². The maximum atomic E-state index is 14.0. The van der Waals surface area contributed by atoms with Gasteiger partial charge in [0.2, 0.25) is 11.8 Å². The Bertz CT molecular complexity index is 1440. The number of thioether (sulfide) groups is 1. The third-order valence-corrected chi connectivity index (χ3v) is 11.0. The molecule has 0 radical (unpaired) electrons. The average molecular weight is 679 g/mol. The maximum Gasteiger partial charge on any atom is 0.417 e. The molecule has 5 heterocycles. The van der Waals surface area contributed by atoms with E-state index in [9.17, 15) is 33.0 Å². The van der Waals surface area contributed by atoms with Crippen LogP contribution in [0.15, 0.2) is 23.1 Å². The van der Waals surface area contributed by atoms with E-state index >= 15 is 0 Å². The average Bonchev–Trinajstić information content (AvgIpc) is 3.76. The molecule has 2 N–H and O–H groups in total. The predicted molar refractivity (Wildman–Crippen MR) is 172 cm³/mol. The van der Waals surface area contributed by atoms with Crippen LogP contribution in [-0.4, -0.2) is 128 Å². The Morgan fingerprint density at radius 3 is 2.49 bits per heavy atom. The minimum atomic E-state index is -4.48. The van der Waals surface area contributed by atoms with Crippen molar-refractivity contribution in [1.82, 2.24) is 29.4 Å². The lowest BCUT2D eigenvalue weighted by atomic mass is 9.99. The molecule has 1 aromatic heterocycles. The quantitative estimate of drug-likeness (QED) is 0.370. The van der Waals surface area contributed by atoms with E-state index in [4.69, 9.17) is 5.10 Å². The highest BCUT2D eigenvalue weighted by atomic mass is 32.2. The van der Waals surface area contributed by atoms with Gasteiger partial charge in [0.25, 0.3) is 0 Å². The molecule has 0 bridgehead atoms. The molecule has 3 fully saturated rings. The second-order valence-corrected chi connectivity index (χ2v) is 14.5. The second kappa shape index (κ2) is 14.5. The lowest BCUT2D eigenvalue weighted by Crippen LogP contribution is -2.47. The standard InChI is InChI=1S/C33H45F3N6O4S/c1-22(43)40-13-8-29-27(21-40)32(23-4-5-28(33(34,35)36)30(16-23)47-15-14-38-9-2-3-10-38)37-42(29)20-26(45)18-39-11-6-24(7-12-39)41-19-25(44)17-31(41)46/h4-5,16,24-26,44-45H,2-3,6-15,17-21H2,1H3/t25-,26+/m1/s1. The van der Waals surface area contributed by atoms with Crippen molar-refractivity contribution in [2.45, 2.75) is 87.9 Å². The maximum absolute atomic E-state index is 14.0. The van der Waals surface area contributed by atoms with Crippen LogP contribution in [-0.2, 0) is 35.3 Å². The molecule has 258 valence electrons. The van der Waals surface area contributed by atoms with Crippen molar-refractivity contribution >= 4 is 23.6 Å². The number of carbonyl (C=O) groups is 2. The molecule has 0 spiro atoms. The first-order chi connectivity index (χ1) is 22.5. The number of β-amino-alcohol motifs (C(OH)–C–C–N with tert-alkyl or cyclic N) is 2. The largest absolute Gasteiger partial charge is 0.417 e. The van der Waals surface area contributed by atoms with Crippen molar-refractivity contribution in [3.05, 3.63) is 35.0 Å². The molecule has 6 rings (SSSR count). The van der Waals surface area contributed by atoms with Gasteiger partial charge in [-0.1, -0.05) is 6.07 Å². The first-order valence-corrected chi connectivity index (χ1v) is 17.7. The lowest BCUT2D eigenvalue weighted by molar-refractivity contribution is -0.139. The van der Waals surface area contributed by atoms with E-state index in [1.807, 2.05) is 0 Å². The zero-order valence-corrected chi connectivity index (χ0v) is 27.7. The summed E-state index contributed by atoms with van der Waals surface area (Å²) in [4.78, 5) is 32.7. The fourth-order valence-corrected chi connectivity index (χ4v) is 8.61. The molecule has 0 saturated carbocycles. The Labute approximate surface area is 277 Å². The number of nitrogens with zero attached hydrogens (tertiary/aromatic N) is 6. The van der Waals surface area contributed by atoms with Gasteiger partial charge in [0.05, 0.1) is 36.4 Å². The Balaban J connectivity index is 1.18. The van der Waals surface area contributed by atoms with Gasteiger partial charge in [-0.05, 0) is 50.9 Å². The van der Waals surface area contributed by atoms with Crippen LogP contribution >= 0.6 is 11.8 Å². The Kier molecular flexibility index (Phi) is 10.5. The van der Waals surface area contributed by atoms with E-state index in [1.165, 1.54) is 24.8 Å². The first-order valence-electron chi connectivity index (χ1n) is 16.7. The van der Waals surface area contributed by atoms with Crippen LogP contribution in [0.25, 0.3) is 11.3 Å². The zero-order valence-electron chi connectivity index (χ0n) is 26.9. The van der Waals surface area contributed by atoms with Crippen molar-refractivity contribution in [1.29, 1.82) is 0 Å². The molecule has 2 aromatic rings. The molecule has 2 amide bonds. The molecule has 10 nitrogen and oxygen atoms in total. The number of piperidine rings is 1. The summed E-state index contributed by atoms with van der Waals surface area (Å²) in [6.07, 6.45) is -1.30. The third-order valence-electron chi connectivity index (χ3n) is 9.99. The van der Waals surface area contributed by atoms with E-state index < -0.39 is 23.9 Å². The summed E-state index contributed by atoms with van der Waals surface area (Å²) in [6, 6.07) is 4.30. The van der Waals surface area contributed by atoms with Crippen LogP contribution in [0.5, 0.6) is 0 Å². The highest BCUT2D eigenvalue weighted by molar-refractivity contribution is 7.99. The Morgan fingerprint density at radius 2 is 1.83 bits per heavy atom. The number of halogens is 3.